The first-order valence-corrected chi connectivity index (χ1v) is 8.33. The molecule has 0 amide bonds. The third kappa shape index (κ3) is 3.79. The van der Waals surface area contributed by atoms with Crippen molar-refractivity contribution < 1.29 is 24.2 Å². The molecule has 0 saturated carbocycles. The highest BCUT2D eigenvalue weighted by molar-refractivity contribution is 6.03. The number of carbonyl (C=O) groups excluding carboxylic acids is 1. The largest absolute Gasteiger partial charge is 0.508 e. The number of phenols is 1. The van der Waals surface area contributed by atoms with Crippen LogP contribution < -0.4 is 9.47 Å². The Morgan fingerprint density at radius 2 is 1.77 bits per heavy atom. The molecule has 1 aliphatic carbocycles. The summed E-state index contributed by atoms with van der Waals surface area (Å²) in [7, 11) is 3.03. The normalized spacial score (nSPS) is 17.5. The van der Waals surface area contributed by atoms with Crippen molar-refractivity contribution >= 4 is 11.7 Å². The predicted octanol–water partition coefficient (Wildman–Crippen LogP) is 3.55. The van der Waals surface area contributed by atoms with E-state index < -0.39 is 5.97 Å². The minimum atomic E-state index is -0.590. The minimum Gasteiger partial charge on any atom is -0.508 e. The first-order chi connectivity index (χ1) is 12.5. The van der Waals surface area contributed by atoms with Crippen LogP contribution in [0.5, 0.6) is 17.2 Å². The number of fused-ring (bicyclic) bond motifs is 1. The molecule has 1 aliphatic rings. The first-order valence-electron chi connectivity index (χ1n) is 8.33. The molecule has 0 fully saturated rings. The van der Waals surface area contributed by atoms with Gasteiger partial charge in [0.2, 0.25) is 0 Å². The number of benzene rings is 2. The van der Waals surface area contributed by atoms with E-state index in [2.05, 4.69) is 12.1 Å². The molecule has 0 saturated heterocycles. The number of methoxy groups -OCH3 is 2. The highest BCUT2D eigenvalue weighted by Crippen LogP contribution is 2.29. The molecule has 1 unspecified atom stereocenters. The maximum absolute atomic E-state index is 12.4. The summed E-state index contributed by atoms with van der Waals surface area (Å²) in [6.45, 7) is 2.09. The fourth-order valence-corrected chi connectivity index (χ4v) is 3.08. The molecule has 6 heteroatoms. The van der Waals surface area contributed by atoms with Crippen LogP contribution in [0.1, 0.15) is 34.8 Å². The molecule has 0 aromatic heterocycles. The molecule has 0 spiro atoms. The Labute approximate surface area is 152 Å². The Morgan fingerprint density at radius 3 is 2.42 bits per heavy atom. The summed E-state index contributed by atoms with van der Waals surface area (Å²) in [6.07, 6.45) is 1.55. The number of hydrogen-bond acceptors (Lipinski definition) is 6. The summed E-state index contributed by atoms with van der Waals surface area (Å²) in [5.41, 5.74) is 2.89. The smallest absolute Gasteiger partial charge is 0.366 e. The summed E-state index contributed by atoms with van der Waals surface area (Å²) in [5, 5.41) is 13.8. The second kappa shape index (κ2) is 7.47. The number of rotatable bonds is 4. The van der Waals surface area contributed by atoms with Gasteiger partial charge >= 0.3 is 5.97 Å². The van der Waals surface area contributed by atoms with Crippen LogP contribution >= 0.6 is 0 Å². The monoisotopic (exact) mass is 355 g/mol. The van der Waals surface area contributed by atoms with E-state index in [9.17, 15) is 9.90 Å². The summed E-state index contributed by atoms with van der Waals surface area (Å²) < 4.78 is 10.3. The molecular weight excluding hydrogens is 334 g/mol. The summed E-state index contributed by atoms with van der Waals surface area (Å²) in [5.74, 6) is 0.969. The Balaban J connectivity index is 1.85. The highest BCUT2D eigenvalue weighted by atomic mass is 16.7. The summed E-state index contributed by atoms with van der Waals surface area (Å²) in [4.78, 5) is 17.6. The van der Waals surface area contributed by atoms with E-state index in [4.69, 9.17) is 14.3 Å². The van der Waals surface area contributed by atoms with E-state index in [0.29, 0.717) is 35.1 Å². The van der Waals surface area contributed by atoms with Gasteiger partial charge in [-0.2, -0.15) is 0 Å². The lowest BCUT2D eigenvalue weighted by Gasteiger charge is -2.22. The molecular formula is C20H21NO5. The minimum absolute atomic E-state index is 0.220. The van der Waals surface area contributed by atoms with Crippen LogP contribution in [-0.4, -0.2) is 31.0 Å². The van der Waals surface area contributed by atoms with Gasteiger partial charge in [0.05, 0.1) is 25.5 Å². The number of phenolic OH excluding ortho intramolecular Hbond substituents is 1. The first kappa shape index (κ1) is 17.8. The van der Waals surface area contributed by atoms with Crippen LogP contribution in [0.15, 0.2) is 41.6 Å². The van der Waals surface area contributed by atoms with Gasteiger partial charge in [0.15, 0.2) is 0 Å². The molecule has 2 aromatic carbocycles. The summed E-state index contributed by atoms with van der Waals surface area (Å²) >= 11 is 0. The zero-order valence-electron chi connectivity index (χ0n) is 15.0. The molecule has 2 aromatic rings. The lowest BCUT2D eigenvalue weighted by Crippen LogP contribution is -2.19. The van der Waals surface area contributed by atoms with E-state index in [1.165, 1.54) is 14.2 Å². The number of nitrogens with zero attached hydrogens (tertiary/aromatic N) is 1. The number of carbonyl (C=O) groups is 1. The summed E-state index contributed by atoms with van der Waals surface area (Å²) in [6, 6.07) is 9.96. The lowest BCUT2D eigenvalue weighted by molar-refractivity contribution is 0.0514. The molecule has 1 N–H and O–H groups in total. The standard InChI is InChI=1S/C20H21NO5/c1-12-6-13-8-15(22)4-5-18(13)19(7-12)21-26-20(23)14-9-16(24-2)11-17(10-14)25-3/h4-5,8-12,22H,6-7H2,1-3H3/b21-19+. The van der Waals surface area contributed by atoms with Gasteiger partial charge in [-0.05, 0) is 54.7 Å². The molecule has 0 aliphatic heterocycles. The Bertz CT molecular complexity index is 837. The fourth-order valence-electron chi connectivity index (χ4n) is 3.08. The fraction of sp³-hybridized carbons (Fsp3) is 0.300. The molecule has 136 valence electrons. The topological polar surface area (TPSA) is 77.4 Å². The molecule has 0 radical (unpaired) electrons. The van der Waals surface area contributed by atoms with Crippen molar-refractivity contribution in [3.05, 3.63) is 53.1 Å². The van der Waals surface area contributed by atoms with Gasteiger partial charge in [0.25, 0.3) is 0 Å². The van der Waals surface area contributed by atoms with Gasteiger partial charge in [-0.15, -0.1) is 0 Å². The molecule has 0 bridgehead atoms. The van der Waals surface area contributed by atoms with Crippen molar-refractivity contribution in [1.82, 2.24) is 0 Å². The van der Waals surface area contributed by atoms with Crippen LogP contribution in [0.25, 0.3) is 0 Å². The van der Waals surface area contributed by atoms with Crippen molar-refractivity contribution in [3.63, 3.8) is 0 Å². The van der Waals surface area contributed by atoms with E-state index in [1.54, 1.807) is 36.4 Å². The maximum atomic E-state index is 12.4. The molecule has 3 rings (SSSR count). The SMILES string of the molecule is COc1cc(OC)cc(C(=O)O/N=C2\CC(C)Cc3cc(O)ccc32)c1. The Morgan fingerprint density at radius 1 is 1.08 bits per heavy atom. The quantitative estimate of drug-likeness (QED) is 0.670. The third-order valence-electron chi connectivity index (χ3n) is 4.34. The van der Waals surface area contributed by atoms with Gasteiger partial charge < -0.3 is 19.4 Å². The van der Waals surface area contributed by atoms with E-state index in [1.807, 2.05) is 0 Å². The highest BCUT2D eigenvalue weighted by Gasteiger charge is 2.22. The number of aromatic hydroxyl groups is 1. The average molecular weight is 355 g/mol. The van der Waals surface area contributed by atoms with Gasteiger partial charge in [0.1, 0.15) is 17.2 Å². The Kier molecular flexibility index (Phi) is 5.11. The molecule has 6 nitrogen and oxygen atoms in total. The molecule has 1 atom stereocenters. The van der Waals surface area contributed by atoms with Crippen LogP contribution in [0.4, 0.5) is 0 Å². The number of ether oxygens (including phenoxy) is 2. The molecule has 0 heterocycles. The van der Waals surface area contributed by atoms with Crippen LogP contribution in [0.3, 0.4) is 0 Å². The number of oxime groups is 1. The maximum Gasteiger partial charge on any atom is 0.366 e. The number of hydrogen-bond donors (Lipinski definition) is 1. The van der Waals surface area contributed by atoms with Crippen molar-refractivity contribution in [2.45, 2.75) is 19.8 Å². The van der Waals surface area contributed by atoms with Crippen LogP contribution in [0.2, 0.25) is 0 Å². The molecule has 26 heavy (non-hydrogen) atoms. The third-order valence-corrected chi connectivity index (χ3v) is 4.34. The van der Waals surface area contributed by atoms with Crippen molar-refractivity contribution in [1.29, 1.82) is 0 Å². The predicted molar refractivity (Wildman–Crippen MR) is 97.1 cm³/mol. The van der Waals surface area contributed by atoms with E-state index in [-0.39, 0.29) is 5.75 Å². The van der Waals surface area contributed by atoms with Gasteiger partial charge in [-0.1, -0.05) is 12.1 Å². The zero-order chi connectivity index (χ0) is 18.7. The Hall–Kier alpha value is -3.02. The van der Waals surface area contributed by atoms with Crippen LogP contribution in [-0.2, 0) is 11.3 Å². The van der Waals surface area contributed by atoms with Crippen molar-refractivity contribution in [2.24, 2.45) is 11.1 Å². The zero-order valence-corrected chi connectivity index (χ0v) is 15.0. The van der Waals surface area contributed by atoms with E-state index in [0.717, 1.165) is 17.5 Å². The van der Waals surface area contributed by atoms with E-state index >= 15 is 0 Å². The second-order valence-electron chi connectivity index (χ2n) is 6.37. The van der Waals surface area contributed by atoms with Gasteiger partial charge in [-0.25, -0.2) is 4.79 Å². The lowest BCUT2D eigenvalue weighted by atomic mass is 9.83. The van der Waals surface area contributed by atoms with Crippen molar-refractivity contribution in [3.8, 4) is 17.2 Å². The van der Waals surface area contributed by atoms with Crippen LogP contribution in [0, 0.1) is 5.92 Å². The second-order valence-corrected chi connectivity index (χ2v) is 6.37. The van der Waals surface area contributed by atoms with Gasteiger partial charge in [0, 0.05) is 11.6 Å². The van der Waals surface area contributed by atoms with Crippen molar-refractivity contribution in [2.75, 3.05) is 14.2 Å². The van der Waals surface area contributed by atoms with Gasteiger partial charge in [-0.3, -0.25) is 0 Å². The average Bonchev–Trinajstić information content (AvgIpc) is 2.64.